The summed E-state index contributed by atoms with van der Waals surface area (Å²) in [6.45, 7) is -0.123. The first kappa shape index (κ1) is 17.2. The molecule has 1 aromatic carbocycles. The molecular formula is C17H14FN3O2S2. The molecule has 0 fully saturated rings. The highest BCUT2D eigenvalue weighted by Gasteiger charge is 2.18. The van der Waals surface area contributed by atoms with E-state index in [0.717, 1.165) is 10.6 Å². The number of rotatable bonds is 5. The molecule has 0 atom stereocenters. The van der Waals surface area contributed by atoms with Gasteiger partial charge in [-0.1, -0.05) is 0 Å². The van der Waals surface area contributed by atoms with Crippen molar-refractivity contribution in [2.24, 2.45) is 0 Å². The SMILES string of the molecule is CN(CC(=O)Nc1ccc(F)cc1)C(=O)c1csc(-c2ccsc2)n1. The van der Waals surface area contributed by atoms with Crippen LogP contribution in [-0.2, 0) is 4.79 Å². The Hall–Kier alpha value is -2.58. The molecule has 2 aromatic heterocycles. The van der Waals surface area contributed by atoms with Crippen molar-refractivity contribution in [3.63, 3.8) is 0 Å². The quantitative estimate of drug-likeness (QED) is 0.739. The van der Waals surface area contributed by atoms with E-state index in [1.165, 1.54) is 47.5 Å². The highest BCUT2D eigenvalue weighted by molar-refractivity contribution is 7.14. The van der Waals surface area contributed by atoms with Crippen LogP contribution in [0.15, 0.2) is 46.5 Å². The molecule has 0 saturated carbocycles. The molecule has 0 aliphatic carbocycles. The number of amides is 2. The van der Waals surface area contributed by atoms with E-state index in [2.05, 4.69) is 10.3 Å². The van der Waals surface area contributed by atoms with Gasteiger partial charge in [-0.3, -0.25) is 9.59 Å². The van der Waals surface area contributed by atoms with E-state index < -0.39 is 0 Å². The van der Waals surface area contributed by atoms with Gasteiger partial charge < -0.3 is 10.2 Å². The second-order valence-electron chi connectivity index (χ2n) is 5.27. The van der Waals surface area contributed by atoms with Crippen molar-refractivity contribution in [3.05, 3.63) is 58.0 Å². The number of halogens is 1. The molecule has 0 unspecified atom stereocenters. The van der Waals surface area contributed by atoms with Crippen molar-refractivity contribution in [3.8, 4) is 10.6 Å². The lowest BCUT2D eigenvalue weighted by Gasteiger charge is -2.15. The molecule has 8 heteroatoms. The summed E-state index contributed by atoms with van der Waals surface area (Å²) in [5.41, 5.74) is 1.76. The number of thiazole rings is 1. The maximum absolute atomic E-state index is 12.9. The Balaban J connectivity index is 1.60. The summed E-state index contributed by atoms with van der Waals surface area (Å²) in [5.74, 6) is -1.07. The van der Waals surface area contributed by atoms with Crippen molar-refractivity contribution in [2.45, 2.75) is 0 Å². The zero-order chi connectivity index (χ0) is 17.8. The first-order chi connectivity index (χ1) is 12.0. The highest BCUT2D eigenvalue weighted by atomic mass is 32.1. The van der Waals surface area contributed by atoms with E-state index in [9.17, 15) is 14.0 Å². The van der Waals surface area contributed by atoms with Crippen LogP contribution in [0.3, 0.4) is 0 Å². The predicted octanol–water partition coefficient (Wildman–Crippen LogP) is 3.72. The Morgan fingerprint density at radius 3 is 2.64 bits per heavy atom. The molecule has 2 heterocycles. The Labute approximate surface area is 151 Å². The van der Waals surface area contributed by atoms with Crippen LogP contribution < -0.4 is 5.32 Å². The summed E-state index contributed by atoms with van der Waals surface area (Å²) < 4.78 is 12.9. The third-order valence-corrected chi connectivity index (χ3v) is 4.92. The maximum Gasteiger partial charge on any atom is 0.273 e. The fraction of sp³-hybridized carbons (Fsp3) is 0.118. The number of anilines is 1. The monoisotopic (exact) mass is 375 g/mol. The molecule has 5 nitrogen and oxygen atoms in total. The number of carbonyl (C=O) groups excluding carboxylic acids is 2. The fourth-order valence-electron chi connectivity index (χ4n) is 2.11. The highest BCUT2D eigenvalue weighted by Crippen LogP contribution is 2.26. The van der Waals surface area contributed by atoms with E-state index in [4.69, 9.17) is 0 Å². The minimum absolute atomic E-state index is 0.123. The number of likely N-dealkylation sites (N-methyl/N-ethyl adjacent to an activating group) is 1. The molecule has 0 aliphatic rings. The van der Waals surface area contributed by atoms with Crippen LogP contribution in [0, 0.1) is 5.82 Å². The number of hydrogen-bond acceptors (Lipinski definition) is 5. The molecule has 25 heavy (non-hydrogen) atoms. The van der Waals surface area contributed by atoms with Crippen molar-refractivity contribution in [1.29, 1.82) is 0 Å². The van der Waals surface area contributed by atoms with Crippen LogP contribution in [-0.4, -0.2) is 35.3 Å². The molecule has 0 radical (unpaired) electrons. The van der Waals surface area contributed by atoms with Crippen molar-refractivity contribution >= 4 is 40.2 Å². The standard InChI is InChI=1S/C17H14FN3O2S2/c1-21(8-15(22)19-13-4-2-12(18)3-5-13)17(23)14-10-25-16(20-14)11-6-7-24-9-11/h2-7,9-10H,8H2,1H3,(H,19,22). The van der Waals surface area contributed by atoms with Gasteiger partial charge in [-0.2, -0.15) is 11.3 Å². The van der Waals surface area contributed by atoms with Gasteiger partial charge in [0.25, 0.3) is 5.91 Å². The summed E-state index contributed by atoms with van der Waals surface area (Å²) in [5, 5.41) is 8.99. The van der Waals surface area contributed by atoms with Crippen molar-refractivity contribution in [2.75, 3.05) is 18.9 Å². The number of hydrogen-bond donors (Lipinski definition) is 1. The summed E-state index contributed by atoms with van der Waals surface area (Å²) in [6.07, 6.45) is 0. The van der Waals surface area contributed by atoms with E-state index in [0.29, 0.717) is 11.4 Å². The maximum atomic E-state index is 12.9. The molecule has 0 aliphatic heterocycles. The van der Waals surface area contributed by atoms with Gasteiger partial charge in [-0.05, 0) is 35.7 Å². The number of carbonyl (C=O) groups is 2. The molecule has 3 aromatic rings. The average molecular weight is 375 g/mol. The Morgan fingerprint density at radius 2 is 1.96 bits per heavy atom. The minimum atomic E-state index is -0.379. The molecule has 2 amide bonds. The molecule has 128 valence electrons. The van der Waals surface area contributed by atoms with Crippen molar-refractivity contribution in [1.82, 2.24) is 9.88 Å². The Bertz CT molecular complexity index is 876. The first-order valence-corrected chi connectivity index (χ1v) is 9.14. The normalized spacial score (nSPS) is 10.5. The Morgan fingerprint density at radius 1 is 1.20 bits per heavy atom. The van der Waals surface area contributed by atoms with Crippen LogP contribution in [0.25, 0.3) is 10.6 Å². The topological polar surface area (TPSA) is 62.3 Å². The van der Waals surface area contributed by atoms with Gasteiger partial charge in [0, 0.05) is 29.1 Å². The second-order valence-corrected chi connectivity index (χ2v) is 6.90. The first-order valence-electron chi connectivity index (χ1n) is 7.32. The summed E-state index contributed by atoms with van der Waals surface area (Å²) >= 11 is 2.95. The van der Waals surface area contributed by atoms with Gasteiger partial charge in [0.1, 0.15) is 16.5 Å². The zero-order valence-electron chi connectivity index (χ0n) is 13.2. The lowest BCUT2D eigenvalue weighted by molar-refractivity contribution is -0.116. The van der Waals surface area contributed by atoms with Crippen LogP contribution in [0.2, 0.25) is 0 Å². The summed E-state index contributed by atoms with van der Waals surface area (Å²) in [6, 6.07) is 7.38. The van der Waals surface area contributed by atoms with Gasteiger partial charge in [0.2, 0.25) is 5.91 Å². The van der Waals surface area contributed by atoms with Gasteiger partial charge in [-0.15, -0.1) is 11.3 Å². The smallest absolute Gasteiger partial charge is 0.273 e. The third kappa shape index (κ3) is 4.28. The fourth-order valence-corrected chi connectivity index (χ4v) is 3.61. The van der Waals surface area contributed by atoms with Gasteiger partial charge in [-0.25, -0.2) is 9.37 Å². The summed E-state index contributed by atoms with van der Waals surface area (Å²) in [4.78, 5) is 30.1. The van der Waals surface area contributed by atoms with E-state index >= 15 is 0 Å². The van der Waals surface area contributed by atoms with Crippen LogP contribution >= 0.6 is 22.7 Å². The molecular weight excluding hydrogens is 361 g/mol. The van der Waals surface area contributed by atoms with Gasteiger partial charge in [0.15, 0.2) is 0 Å². The molecule has 0 bridgehead atoms. The average Bonchev–Trinajstić information content (AvgIpc) is 3.27. The van der Waals surface area contributed by atoms with E-state index in [1.807, 2.05) is 16.8 Å². The number of nitrogens with zero attached hydrogens (tertiary/aromatic N) is 2. The van der Waals surface area contributed by atoms with Crippen LogP contribution in [0.5, 0.6) is 0 Å². The van der Waals surface area contributed by atoms with Crippen molar-refractivity contribution < 1.29 is 14.0 Å². The lowest BCUT2D eigenvalue weighted by Crippen LogP contribution is -2.35. The van der Waals surface area contributed by atoms with E-state index in [-0.39, 0.29) is 24.2 Å². The number of aromatic nitrogens is 1. The van der Waals surface area contributed by atoms with Crippen LogP contribution in [0.4, 0.5) is 10.1 Å². The number of nitrogens with one attached hydrogen (secondary N) is 1. The van der Waals surface area contributed by atoms with Gasteiger partial charge in [0.05, 0.1) is 6.54 Å². The Kier molecular flexibility index (Phi) is 5.20. The van der Waals surface area contributed by atoms with Crippen LogP contribution in [0.1, 0.15) is 10.5 Å². The number of benzene rings is 1. The molecule has 0 saturated heterocycles. The van der Waals surface area contributed by atoms with Gasteiger partial charge >= 0.3 is 0 Å². The summed E-state index contributed by atoms with van der Waals surface area (Å²) in [7, 11) is 1.54. The van der Waals surface area contributed by atoms with E-state index in [1.54, 1.807) is 16.7 Å². The largest absolute Gasteiger partial charge is 0.331 e. The zero-order valence-corrected chi connectivity index (χ0v) is 14.9. The predicted molar refractivity (Wildman–Crippen MR) is 97.4 cm³/mol. The minimum Gasteiger partial charge on any atom is -0.331 e. The third-order valence-electron chi connectivity index (χ3n) is 3.35. The molecule has 3 rings (SSSR count). The second kappa shape index (κ2) is 7.54. The molecule has 0 spiro atoms. The lowest BCUT2D eigenvalue weighted by atomic mass is 10.3. The number of thiophene rings is 1. The molecule has 1 N–H and O–H groups in total.